The van der Waals surface area contributed by atoms with Gasteiger partial charge in [-0.2, -0.15) is 0 Å². The summed E-state index contributed by atoms with van der Waals surface area (Å²) >= 11 is -2.91. The predicted molar refractivity (Wildman–Crippen MR) is 107 cm³/mol. The van der Waals surface area contributed by atoms with Crippen LogP contribution in [0.2, 0.25) is 0 Å². The van der Waals surface area contributed by atoms with Gasteiger partial charge in [-0.05, 0) is 0 Å². The maximum atomic E-state index is 13.3. The van der Waals surface area contributed by atoms with Gasteiger partial charge in [-0.1, -0.05) is 0 Å². The summed E-state index contributed by atoms with van der Waals surface area (Å²) in [6, 6.07) is 0. The topological polar surface area (TPSA) is 80.7 Å². The molecule has 1 atom stereocenters. The minimum atomic E-state index is -6.24. The summed E-state index contributed by atoms with van der Waals surface area (Å²) in [5.74, 6) is -5.48. The van der Waals surface area contributed by atoms with Gasteiger partial charge < -0.3 is 0 Å². The predicted octanol–water partition coefficient (Wildman–Crippen LogP) is 3.72. The molecule has 0 saturated heterocycles. The van der Waals surface area contributed by atoms with Crippen molar-refractivity contribution in [3.63, 3.8) is 0 Å². The molecule has 1 N–H and O–H groups in total. The van der Waals surface area contributed by atoms with Crippen LogP contribution in [0.3, 0.4) is 0 Å². The number of esters is 1. The summed E-state index contributed by atoms with van der Waals surface area (Å²) < 4.78 is 86.9. The zero-order chi connectivity index (χ0) is 20.3. The quantitative estimate of drug-likeness (QED) is 0.100. The molecule has 0 amide bonds. The molecule has 0 saturated carbocycles. The first-order valence-electron chi connectivity index (χ1n) is 6.85. The van der Waals surface area contributed by atoms with Crippen molar-refractivity contribution < 1.29 is 40.1 Å². The van der Waals surface area contributed by atoms with Gasteiger partial charge >= 0.3 is 161 Å². The Hall–Kier alpha value is 0.560. The second kappa shape index (κ2) is 9.17. The van der Waals surface area contributed by atoms with Crippen LogP contribution in [0.15, 0.2) is 0 Å². The molecule has 154 valence electrons. The molecule has 0 bridgehead atoms. The van der Waals surface area contributed by atoms with Crippen molar-refractivity contribution in [1.29, 1.82) is 0 Å². The van der Waals surface area contributed by atoms with Gasteiger partial charge in [0.2, 0.25) is 0 Å². The number of ether oxygens (including phenoxy) is 1. The molecule has 12 heteroatoms. The summed E-state index contributed by atoms with van der Waals surface area (Å²) in [4.78, 5) is 20.5. The average molecular weight is 622 g/mol. The monoisotopic (exact) mass is 622 g/mol. The van der Waals surface area contributed by atoms with Gasteiger partial charge in [0.05, 0.1) is 0 Å². The van der Waals surface area contributed by atoms with Gasteiger partial charge in [-0.15, -0.1) is 0 Å². The molecule has 0 aliphatic rings. The van der Waals surface area contributed by atoms with Gasteiger partial charge in [0.25, 0.3) is 0 Å². The van der Waals surface area contributed by atoms with Crippen molar-refractivity contribution in [1.82, 2.24) is 0 Å². The minimum absolute atomic E-state index is 0.515. The van der Waals surface area contributed by atoms with E-state index in [9.17, 15) is 30.8 Å². The van der Waals surface area contributed by atoms with Crippen LogP contribution < -0.4 is 0 Å². The van der Waals surface area contributed by atoms with Gasteiger partial charge in [0.15, 0.2) is 0 Å². The summed E-state index contributed by atoms with van der Waals surface area (Å²) in [6.45, 7) is 1.27. The van der Waals surface area contributed by atoms with E-state index in [1.165, 1.54) is 0 Å². The summed E-state index contributed by atoms with van der Waals surface area (Å²) in [6.07, 6.45) is -2.19. The number of carbonyl (C=O) groups excluding carboxylic acids is 1. The van der Waals surface area contributed by atoms with Crippen molar-refractivity contribution >= 4 is 55.7 Å². The molecule has 0 aliphatic heterocycles. The maximum absolute atomic E-state index is 13.3. The fourth-order valence-corrected chi connectivity index (χ4v) is 14.8. The van der Waals surface area contributed by atoms with Gasteiger partial charge in [0, 0.05) is 0 Å². The Kier molecular flexibility index (Phi) is 9.37. The number of hydrogen-bond donors (Lipinski definition) is 1. The van der Waals surface area contributed by atoms with Crippen LogP contribution in [0.25, 0.3) is 0 Å². The Morgan fingerprint density at radius 1 is 1.12 bits per heavy atom. The first kappa shape index (κ1) is 25.6. The van der Waals surface area contributed by atoms with Crippen LogP contribution in [-0.2, 0) is 19.6 Å². The molecule has 0 aromatic carbocycles. The van der Waals surface area contributed by atoms with E-state index in [1.807, 2.05) is 9.86 Å². The number of rotatable bonds is 10. The Balaban J connectivity index is 4.79. The van der Waals surface area contributed by atoms with Gasteiger partial charge in [-0.3, -0.25) is 0 Å². The van der Waals surface area contributed by atoms with Gasteiger partial charge in [-0.25, -0.2) is 0 Å². The van der Waals surface area contributed by atoms with Crippen LogP contribution in [0.5, 0.6) is 0 Å². The average Bonchev–Trinajstić information content (AvgIpc) is 2.40. The fraction of sp³-hybridized carbons (Fsp3) is 0.923. The standard InChI is InChI=1S/C13H24F4I2O5S/c1-11(19(4)5,9-18(2)3)10(20)24-8-6-7-12(14,15)13(16,17)25(21,22)23/h6-9H2,1-5H3,(H,21,22,23). The van der Waals surface area contributed by atoms with Crippen molar-refractivity contribution in [2.24, 2.45) is 0 Å². The Bertz CT molecular complexity index is 569. The molecule has 0 aromatic rings. The van der Waals surface area contributed by atoms with Crippen LogP contribution in [-0.4, -0.2) is 64.3 Å². The number of carbonyl (C=O) groups is 1. The van der Waals surface area contributed by atoms with Crippen LogP contribution in [0.4, 0.5) is 17.6 Å². The zero-order valence-electron chi connectivity index (χ0n) is 14.6. The molecule has 1 unspecified atom stereocenters. The Morgan fingerprint density at radius 2 is 1.60 bits per heavy atom. The van der Waals surface area contributed by atoms with Crippen molar-refractivity contribution in [2.75, 3.05) is 30.8 Å². The van der Waals surface area contributed by atoms with Crippen LogP contribution >= 0.6 is 39.6 Å². The molecule has 0 spiro atoms. The second-order valence-electron chi connectivity index (χ2n) is 5.94. The molecule has 0 rings (SSSR count). The summed E-state index contributed by atoms with van der Waals surface area (Å²) in [7, 11) is -6.24. The van der Waals surface area contributed by atoms with Gasteiger partial charge in [0.1, 0.15) is 0 Å². The van der Waals surface area contributed by atoms with E-state index >= 15 is 0 Å². The molecule has 5 nitrogen and oxygen atoms in total. The molecular formula is C13H24F4I2O5S. The Labute approximate surface area is 160 Å². The Morgan fingerprint density at radius 3 is 1.96 bits per heavy atom. The molecule has 0 heterocycles. The number of halogens is 6. The second-order valence-corrected chi connectivity index (χ2v) is 20.1. The van der Waals surface area contributed by atoms with E-state index in [4.69, 9.17) is 9.29 Å². The number of hydrogen-bond acceptors (Lipinski definition) is 4. The zero-order valence-corrected chi connectivity index (χ0v) is 19.7. The van der Waals surface area contributed by atoms with Crippen LogP contribution in [0, 0.1) is 0 Å². The van der Waals surface area contributed by atoms with Crippen molar-refractivity contribution in [3.8, 4) is 0 Å². The molecule has 0 fully saturated rings. The normalized spacial score (nSPS) is 16.9. The third-order valence-electron chi connectivity index (χ3n) is 3.40. The fourth-order valence-electron chi connectivity index (χ4n) is 1.76. The van der Waals surface area contributed by atoms with Crippen molar-refractivity contribution in [2.45, 2.75) is 34.4 Å². The summed E-state index contributed by atoms with van der Waals surface area (Å²) in [5, 5.41) is -5.59. The molecule has 0 radical (unpaired) electrons. The van der Waals surface area contributed by atoms with E-state index in [1.54, 1.807) is 6.92 Å². The molecule has 25 heavy (non-hydrogen) atoms. The SMILES string of the molecule is CI(C)CC(C)(C(=O)OCCCC(F)(F)C(F)(F)S(=O)(=O)O)I(C)C. The van der Waals surface area contributed by atoms with E-state index in [2.05, 4.69) is 9.86 Å². The summed E-state index contributed by atoms with van der Waals surface area (Å²) in [5.41, 5.74) is 0. The molecular weight excluding hydrogens is 598 g/mol. The van der Waals surface area contributed by atoms with Crippen molar-refractivity contribution in [3.05, 3.63) is 0 Å². The van der Waals surface area contributed by atoms with Crippen LogP contribution in [0.1, 0.15) is 19.8 Å². The third-order valence-corrected chi connectivity index (χ3v) is 14.4. The number of alkyl halides is 10. The first-order chi connectivity index (χ1) is 11.0. The molecule has 0 aliphatic carbocycles. The van der Waals surface area contributed by atoms with E-state index in [0.717, 1.165) is 4.43 Å². The van der Waals surface area contributed by atoms with E-state index in [0.29, 0.717) is 0 Å². The third kappa shape index (κ3) is 6.59. The first-order valence-corrected chi connectivity index (χ1v) is 19.5. The van der Waals surface area contributed by atoms with E-state index in [-0.39, 0.29) is 0 Å². The molecule has 0 aromatic heterocycles. The van der Waals surface area contributed by atoms with E-state index < -0.39 is 89.8 Å².